The van der Waals surface area contributed by atoms with Gasteiger partial charge in [0.2, 0.25) is 0 Å². The molecule has 0 saturated heterocycles. The van der Waals surface area contributed by atoms with Gasteiger partial charge in [-0.1, -0.05) is 23.7 Å². The van der Waals surface area contributed by atoms with Crippen LogP contribution in [0.4, 0.5) is 5.69 Å². The van der Waals surface area contributed by atoms with Crippen molar-refractivity contribution in [2.75, 3.05) is 25.0 Å². The Hall–Kier alpha value is -1.58. The molecule has 4 heteroatoms. The smallest absolute Gasteiger partial charge is 0.0640 e. The summed E-state index contributed by atoms with van der Waals surface area (Å²) in [5, 5.41) is 7.78. The lowest BCUT2D eigenvalue weighted by atomic mass is 10.0. The molecular weight excluding hydrogens is 282 g/mol. The van der Waals surface area contributed by atoms with Gasteiger partial charge in [0.25, 0.3) is 0 Å². The van der Waals surface area contributed by atoms with Crippen molar-refractivity contribution in [3.63, 3.8) is 0 Å². The molecule has 0 atom stereocenters. The van der Waals surface area contributed by atoms with Crippen molar-refractivity contribution < 1.29 is 0 Å². The second-order valence-corrected chi connectivity index (χ2v) is 5.72. The molecule has 3 rings (SSSR count). The zero-order valence-electron chi connectivity index (χ0n) is 12.0. The van der Waals surface area contributed by atoms with Crippen molar-refractivity contribution >= 4 is 17.3 Å². The number of nitrogens with one attached hydrogen (secondary N) is 2. The lowest BCUT2D eigenvalue weighted by Crippen LogP contribution is -2.16. The van der Waals surface area contributed by atoms with Crippen molar-refractivity contribution in [2.24, 2.45) is 0 Å². The van der Waals surface area contributed by atoms with Crippen LogP contribution in [0.1, 0.15) is 16.8 Å². The predicted octanol–water partition coefficient (Wildman–Crippen LogP) is 3.08. The van der Waals surface area contributed by atoms with E-state index in [1.54, 1.807) is 0 Å². The number of rotatable bonds is 4. The number of nitrogens with zero attached hydrogens (tertiary/aromatic N) is 1. The fourth-order valence-electron chi connectivity index (χ4n) is 2.80. The average molecular weight is 302 g/mol. The van der Waals surface area contributed by atoms with Gasteiger partial charge in [-0.25, -0.2) is 0 Å². The van der Waals surface area contributed by atoms with Crippen molar-refractivity contribution in [3.8, 4) is 0 Å². The Balaban J connectivity index is 1.72. The SMILES string of the molecule is Clc1ccc2c(c1NCCc1ccccn1)CCNCC2. The molecular formula is C17H20ClN3. The Morgan fingerprint density at radius 2 is 2.05 bits per heavy atom. The standard InChI is InChI=1S/C17H20ClN3/c18-16-5-4-13-6-10-19-11-8-15(13)17(16)21-12-7-14-3-1-2-9-20-14/h1-5,9,19,21H,6-8,10-12H2. The van der Waals surface area contributed by atoms with Crippen LogP contribution in [-0.2, 0) is 19.3 Å². The highest BCUT2D eigenvalue weighted by atomic mass is 35.5. The molecule has 1 aromatic carbocycles. The maximum atomic E-state index is 6.40. The van der Waals surface area contributed by atoms with Crippen LogP contribution in [0.3, 0.4) is 0 Å². The van der Waals surface area contributed by atoms with E-state index in [0.29, 0.717) is 0 Å². The minimum Gasteiger partial charge on any atom is -0.383 e. The van der Waals surface area contributed by atoms with E-state index in [2.05, 4.69) is 27.8 Å². The first-order valence-corrected chi connectivity index (χ1v) is 7.87. The van der Waals surface area contributed by atoms with E-state index in [1.807, 2.05) is 24.4 Å². The number of hydrogen-bond acceptors (Lipinski definition) is 3. The molecule has 1 aliphatic heterocycles. The highest BCUT2D eigenvalue weighted by Gasteiger charge is 2.14. The quantitative estimate of drug-likeness (QED) is 0.911. The van der Waals surface area contributed by atoms with Crippen molar-refractivity contribution in [2.45, 2.75) is 19.3 Å². The van der Waals surface area contributed by atoms with Gasteiger partial charge in [0.15, 0.2) is 0 Å². The Morgan fingerprint density at radius 1 is 1.14 bits per heavy atom. The number of halogens is 1. The molecule has 0 radical (unpaired) electrons. The minimum absolute atomic E-state index is 0.816. The summed E-state index contributed by atoms with van der Waals surface area (Å²) in [6.07, 6.45) is 4.84. The molecule has 110 valence electrons. The second kappa shape index (κ2) is 6.92. The van der Waals surface area contributed by atoms with Crippen LogP contribution in [0.25, 0.3) is 0 Å². The Labute approximate surface area is 130 Å². The van der Waals surface area contributed by atoms with E-state index in [9.17, 15) is 0 Å². The summed E-state index contributed by atoms with van der Waals surface area (Å²) in [7, 11) is 0. The lowest BCUT2D eigenvalue weighted by molar-refractivity contribution is 0.711. The number of benzene rings is 1. The molecule has 21 heavy (non-hydrogen) atoms. The zero-order valence-corrected chi connectivity index (χ0v) is 12.8. The average Bonchev–Trinajstić information content (AvgIpc) is 2.76. The molecule has 0 spiro atoms. The molecule has 0 bridgehead atoms. The maximum Gasteiger partial charge on any atom is 0.0640 e. The lowest BCUT2D eigenvalue weighted by Gasteiger charge is -2.16. The minimum atomic E-state index is 0.816. The van der Waals surface area contributed by atoms with Gasteiger partial charge in [0.05, 0.1) is 10.7 Å². The summed E-state index contributed by atoms with van der Waals surface area (Å²) in [5.74, 6) is 0. The number of aromatic nitrogens is 1. The molecule has 0 unspecified atom stereocenters. The molecule has 0 saturated carbocycles. The third-order valence-electron chi connectivity index (χ3n) is 3.89. The Bertz CT molecular complexity index is 598. The maximum absolute atomic E-state index is 6.40. The van der Waals surface area contributed by atoms with Gasteiger partial charge < -0.3 is 10.6 Å². The molecule has 0 amide bonds. The van der Waals surface area contributed by atoms with Crippen LogP contribution < -0.4 is 10.6 Å². The highest BCUT2D eigenvalue weighted by molar-refractivity contribution is 6.33. The summed E-state index contributed by atoms with van der Waals surface area (Å²) < 4.78 is 0. The van der Waals surface area contributed by atoms with E-state index in [-0.39, 0.29) is 0 Å². The molecule has 2 N–H and O–H groups in total. The Morgan fingerprint density at radius 3 is 2.90 bits per heavy atom. The van der Waals surface area contributed by atoms with E-state index in [1.165, 1.54) is 11.1 Å². The van der Waals surface area contributed by atoms with E-state index >= 15 is 0 Å². The summed E-state index contributed by atoms with van der Waals surface area (Å²) in [5.41, 5.74) is 4.98. The van der Waals surface area contributed by atoms with Crippen LogP contribution in [-0.4, -0.2) is 24.6 Å². The van der Waals surface area contributed by atoms with E-state index in [0.717, 1.165) is 55.3 Å². The molecule has 0 fully saturated rings. The summed E-state index contributed by atoms with van der Waals surface area (Å²) in [4.78, 5) is 4.35. The van der Waals surface area contributed by atoms with Gasteiger partial charge in [-0.2, -0.15) is 0 Å². The summed E-state index contributed by atoms with van der Waals surface area (Å²) in [6, 6.07) is 10.2. The monoisotopic (exact) mass is 301 g/mol. The third-order valence-corrected chi connectivity index (χ3v) is 4.21. The van der Waals surface area contributed by atoms with Gasteiger partial charge in [0.1, 0.15) is 0 Å². The van der Waals surface area contributed by atoms with Gasteiger partial charge in [0, 0.05) is 24.9 Å². The fraction of sp³-hybridized carbons (Fsp3) is 0.353. The first kappa shape index (κ1) is 14.4. The topological polar surface area (TPSA) is 37.0 Å². The first-order valence-electron chi connectivity index (χ1n) is 7.49. The summed E-state index contributed by atoms with van der Waals surface area (Å²) >= 11 is 6.40. The molecule has 0 aliphatic carbocycles. The van der Waals surface area contributed by atoms with Gasteiger partial charge in [-0.3, -0.25) is 4.98 Å². The Kier molecular flexibility index (Phi) is 4.73. The van der Waals surface area contributed by atoms with Crippen molar-refractivity contribution in [3.05, 3.63) is 58.4 Å². The second-order valence-electron chi connectivity index (χ2n) is 5.31. The third kappa shape index (κ3) is 3.55. The molecule has 1 aromatic heterocycles. The molecule has 2 heterocycles. The number of anilines is 1. The van der Waals surface area contributed by atoms with E-state index < -0.39 is 0 Å². The van der Waals surface area contributed by atoms with Crippen LogP contribution >= 0.6 is 11.6 Å². The van der Waals surface area contributed by atoms with Gasteiger partial charge in [-0.15, -0.1) is 0 Å². The number of pyridine rings is 1. The predicted molar refractivity (Wildman–Crippen MR) is 88.2 cm³/mol. The first-order chi connectivity index (χ1) is 10.3. The number of hydrogen-bond donors (Lipinski definition) is 2. The van der Waals surface area contributed by atoms with Gasteiger partial charge >= 0.3 is 0 Å². The van der Waals surface area contributed by atoms with Crippen LogP contribution in [0.5, 0.6) is 0 Å². The largest absolute Gasteiger partial charge is 0.383 e. The molecule has 2 aromatic rings. The normalized spacial score (nSPS) is 14.3. The van der Waals surface area contributed by atoms with Crippen LogP contribution in [0.2, 0.25) is 5.02 Å². The summed E-state index contributed by atoms with van der Waals surface area (Å²) in [6.45, 7) is 2.91. The zero-order chi connectivity index (χ0) is 14.5. The number of fused-ring (bicyclic) bond motifs is 1. The van der Waals surface area contributed by atoms with Gasteiger partial charge in [-0.05, 0) is 55.3 Å². The molecule has 1 aliphatic rings. The van der Waals surface area contributed by atoms with Crippen molar-refractivity contribution in [1.29, 1.82) is 0 Å². The fourth-order valence-corrected chi connectivity index (χ4v) is 3.04. The van der Waals surface area contributed by atoms with Crippen LogP contribution in [0, 0.1) is 0 Å². The van der Waals surface area contributed by atoms with Crippen LogP contribution in [0.15, 0.2) is 36.5 Å². The highest BCUT2D eigenvalue weighted by Crippen LogP contribution is 2.30. The molecule has 3 nitrogen and oxygen atoms in total. The van der Waals surface area contributed by atoms with E-state index in [4.69, 9.17) is 11.6 Å². The van der Waals surface area contributed by atoms with Crippen molar-refractivity contribution in [1.82, 2.24) is 10.3 Å².